The molecule has 0 spiro atoms. The molecule has 0 rings (SSSR count). The van der Waals surface area contributed by atoms with E-state index in [2.05, 4.69) is 40.3 Å². The average Bonchev–Trinajstić information content (AvgIpc) is 2.00. The van der Waals surface area contributed by atoms with Crippen molar-refractivity contribution in [3.05, 3.63) is 34.9 Å². The monoisotopic (exact) mass is 150 g/mol. The maximum Gasteiger partial charge on any atom is -0.0393 e. The van der Waals surface area contributed by atoms with Gasteiger partial charge in [-0.1, -0.05) is 23.8 Å². The first-order valence-corrected chi connectivity index (χ1v) is 3.97. The zero-order valence-electron chi connectivity index (χ0n) is 8.28. The van der Waals surface area contributed by atoms with Crippen LogP contribution >= 0.6 is 0 Å². The summed E-state index contributed by atoms with van der Waals surface area (Å²) in [5, 5.41) is 0. The Balaban J connectivity index is 4.81. The summed E-state index contributed by atoms with van der Waals surface area (Å²) in [6.45, 7) is 14.4. The van der Waals surface area contributed by atoms with Crippen molar-refractivity contribution in [1.29, 1.82) is 0 Å². The van der Waals surface area contributed by atoms with Gasteiger partial charge in [0.05, 0.1) is 0 Å². The Morgan fingerprint density at radius 1 is 1.00 bits per heavy atom. The van der Waals surface area contributed by atoms with Crippen molar-refractivity contribution >= 4 is 0 Å². The van der Waals surface area contributed by atoms with E-state index in [4.69, 9.17) is 0 Å². The van der Waals surface area contributed by atoms with Gasteiger partial charge in [0.15, 0.2) is 0 Å². The first-order valence-electron chi connectivity index (χ1n) is 3.97. The van der Waals surface area contributed by atoms with E-state index < -0.39 is 0 Å². The third-order valence-corrected chi connectivity index (χ3v) is 2.23. The zero-order valence-corrected chi connectivity index (χ0v) is 8.28. The molecule has 0 heterocycles. The summed E-state index contributed by atoms with van der Waals surface area (Å²) in [6, 6.07) is 0. The Morgan fingerprint density at radius 3 is 1.73 bits per heavy atom. The summed E-state index contributed by atoms with van der Waals surface area (Å²) < 4.78 is 0. The average molecular weight is 150 g/mol. The summed E-state index contributed by atoms with van der Waals surface area (Å²) >= 11 is 0. The third kappa shape index (κ3) is 2.75. The molecule has 0 nitrogen and oxygen atoms in total. The van der Waals surface area contributed by atoms with Crippen molar-refractivity contribution in [3.8, 4) is 0 Å². The summed E-state index contributed by atoms with van der Waals surface area (Å²) in [5.74, 6) is 0. The number of hydrogen-bond donors (Lipinski definition) is 0. The topological polar surface area (TPSA) is 0 Å². The molecule has 0 aromatic rings. The van der Waals surface area contributed by atoms with Crippen LogP contribution in [0.3, 0.4) is 0 Å². The maximum absolute atomic E-state index is 3.91. The SMILES string of the molecule is C=C(C)/C(C)=C(C)\C(C)=C/C. The van der Waals surface area contributed by atoms with Crippen molar-refractivity contribution in [2.24, 2.45) is 0 Å². The molecule has 0 aromatic carbocycles. The molecule has 0 saturated carbocycles. The molecule has 0 fully saturated rings. The van der Waals surface area contributed by atoms with Crippen LogP contribution in [0.5, 0.6) is 0 Å². The van der Waals surface area contributed by atoms with Gasteiger partial charge in [0.1, 0.15) is 0 Å². The van der Waals surface area contributed by atoms with Crippen molar-refractivity contribution in [1.82, 2.24) is 0 Å². The first kappa shape index (κ1) is 10.2. The molecule has 0 aliphatic rings. The lowest BCUT2D eigenvalue weighted by Crippen LogP contribution is -1.86. The molecule has 0 amide bonds. The third-order valence-electron chi connectivity index (χ3n) is 2.23. The molecular formula is C11H18. The van der Waals surface area contributed by atoms with Crippen molar-refractivity contribution < 1.29 is 0 Å². The minimum atomic E-state index is 1.16. The van der Waals surface area contributed by atoms with Crippen LogP contribution in [0.15, 0.2) is 34.9 Å². The summed E-state index contributed by atoms with van der Waals surface area (Å²) in [6.07, 6.45) is 2.13. The Labute approximate surface area is 70.3 Å². The Morgan fingerprint density at radius 2 is 1.45 bits per heavy atom. The van der Waals surface area contributed by atoms with Crippen molar-refractivity contribution in [2.75, 3.05) is 0 Å². The van der Waals surface area contributed by atoms with E-state index in [-0.39, 0.29) is 0 Å². The highest BCUT2D eigenvalue weighted by Gasteiger charge is 1.97. The minimum Gasteiger partial charge on any atom is -0.0958 e. The highest BCUT2D eigenvalue weighted by atomic mass is 14.0. The van der Waals surface area contributed by atoms with Crippen LogP contribution < -0.4 is 0 Å². The van der Waals surface area contributed by atoms with E-state index in [0.29, 0.717) is 0 Å². The van der Waals surface area contributed by atoms with Crippen LogP contribution in [0, 0.1) is 0 Å². The van der Waals surface area contributed by atoms with Gasteiger partial charge in [-0.25, -0.2) is 0 Å². The molecule has 0 atom stereocenters. The van der Waals surface area contributed by atoms with Crippen LogP contribution in [-0.4, -0.2) is 0 Å². The van der Waals surface area contributed by atoms with Crippen molar-refractivity contribution in [2.45, 2.75) is 34.6 Å². The van der Waals surface area contributed by atoms with Gasteiger partial charge in [-0.3, -0.25) is 0 Å². The van der Waals surface area contributed by atoms with Gasteiger partial charge >= 0.3 is 0 Å². The van der Waals surface area contributed by atoms with E-state index in [0.717, 1.165) is 5.57 Å². The Kier molecular flexibility index (Phi) is 3.88. The molecule has 0 aromatic heterocycles. The largest absolute Gasteiger partial charge is 0.0958 e. The zero-order chi connectivity index (χ0) is 9.02. The van der Waals surface area contributed by atoms with Crippen LogP contribution in [0.4, 0.5) is 0 Å². The first-order chi connectivity index (χ1) is 5.00. The maximum atomic E-state index is 3.91. The van der Waals surface area contributed by atoms with E-state index in [1.807, 2.05) is 6.92 Å². The number of rotatable bonds is 2. The lowest BCUT2D eigenvalue weighted by atomic mass is 10.00. The van der Waals surface area contributed by atoms with Gasteiger partial charge in [0, 0.05) is 0 Å². The predicted molar refractivity (Wildman–Crippen MR) is 52.6 cm³/mol. The quantitative estimate of drug-likeness (QED) is 0.524. The van der Waals surface area contributed by atoms with Crippen molar-refractivity contribution in [3.63, 3.8) is 0 Å². The van der Waals surface area contributed by atoms with Gasteiger partial charge in [-0.2, -0.15) is 0 Å². The van der Waals surface area contributed by atoms with Gasteiger partial charge in [-0.05, 0) is 45.8 Å². The van der Waals surface area contributed by atoms with Crippen LogP contribution in [0.25, 0.3) is 0 Å². The predicted octanol–water partition coefficient (Wildman–Crippen LogP) is 3.87. The van der Waals surface area contributed by atoms with Gasteiger partial charge in [0.2, 0.25) is 0 Å². The molecular weight excluding hydrogens is 132 g/mol. The fraction of sp³-hybridized carbons (Fsp3) is 0.455. The fourth-order valence-electron chi connectivity index (χ4n) is 0.832. The molecule has 0 heteroatoms. The summed E-state index contributed by atoms with van der Waals surface area (Å²) in [4.78, 5) is 0. The van der Waals surface area contributed by atoms with E-state index in [1.165, 1.54) is 16.7 Å². The molecule has 0 aliphatic heterocycles. The molecule has 11 heavy (non-hydrogen) atoms. The molecule has 0 radical (unpaired) electrons. The second-order valence-corrected chi connectivity index (χ2v) is 3.00. The standard InChI is InChI=1S/C11H18/c1-7-9(4)11(6)10(5)8(2)3/h7H,2H2,1,3-6H3/b9-7-,11-10-. The summed E-state index contributed by atoms with van der Waals surface area (Å²) in [5.41, 5.74) is 5.15. The molecule has 62 valence electrons. The second kappa shape index (κ2) is 4.17. The Hall–Kier alpha value is -0.780. The lowest BCUT2D eigenvalue weighted by Gasteiger charge is -2.06. The fourth-order valence-corrected chi connectivity index (χ4v) is 0.832. The van der Waals surface area contributed by atoms with E-state index in [1.54, 1.807) is 0 Å². The number of hydrogen-bond acceptors (Lipinski definition) is 0. The summed E-state index contributed by atoms with van der Waals surface area (Å²) in [7, 11) is 0. The Bertz CT molecular complexity index is 214. The molecule has 0 bridgehead atoms. The highest BCUT2D eigenvalue weighted by Crippen LogP contribution is 2.17. The van der Waals surface area contributed by atoms with E-state index in [9.17, 15) is 0 Å². The minimum absolute atomic E-state index is 1.16. The van der Waals surface area contributed by atoms with Gasteiger partial charge in [0.25, 0.3) is 0 Å². The lowest BCUT2D eigenvalue weighted by molar-refractivity contribution is 1.22. The van der Waals surface area contributed by atoms with E-state index >= 15 is 0 Å². The molecule has 0 N–H and O–H groups in total. The second-order valence-electron chi connectivity index (χ2n) is 3.00. The van der Waals surface area contributed by atoms with Gasteiger partial charge in [-0.15, -0.1) is 0 Å². The molecule has 0 unspecified atom stereocenters. The smallest absolute Gasteiger partial charge is 0.0393 e. The molecule has 0 saturated heterocycles. The normalized spacial score (nSPS) is 14.5. The highest BCUT2D eigenvalue weighted by molar-refractivity contribution is 5.39. The molecule has 0 aliphatic carbocycles. The number of allylic oxidation sites excluding steroid dienone is 5. The van der Waals surface area contributed by atoms with Crippen LogP contribution in [0.1, 0.15) is 34.6 Å². The van der Waals surface area contributed by atoms with Crippen LogP contribution in [0.2, 0.25) is 0 Å². The van der Waals surface area contributed by atoms with Gasteiger partial charge < -0.3 is 0 Å². The van der Waals surface area contributed by atoms with Crippen LogP contribution in [-0.2, 0) is 0 Å².